The van der Waals surface area contributed by atoms with Gasteiger partial charge in [0.1, 0.15) is 24.2 Å². The molecule has 4 aromatic rings. The molecular weight excluding hydrogens is 1080 g/mol. The molecule has 13 rings (SSSR count). The highest BCUT2D eigenvalue weighted by molar-refractivity contribution is 6.09. The lowest BCUT2D eigenvalue weighted by atomic mass is 9.47. The summed E-state index contributed by atoms with van der Waals surface area (Å²) in [6, 6.07) is 2.07. The molecule has 1 aliphatic carbocycles. The SMILES string of the molecule is O=C(O[C@H]1C2OC(=O)c3cc(O)c(O)c4c3[C@H]3C(O)(O4)[C@@]4(O)O[C@]5(C(=O)O[C@@H]6C(O)COC65O)[C@]3(CC4=O)C(=O)O[C@@H]1C1COC(=O)c3cc(O)c(O)c(O)c3-c3c(cc(O)c(O)c3O)C(=O)O[C@@H]2O1)c1cc(O)c(O)c(O)c1. The van der Waals surface area contributed by atoms with Gasteiger partial charge in [0.15, 0.2) is 75.8 Å². The molecule has 4 aromatic carbocycles. The van der Waals surface area contributed by atoms with Crippen molar-refractivity contribution in [3.05, 3.63) is 58.1 Å². The number of hydrogen-bond acceptors (Lipinski definition) is 32. The summed E-state index contributed by atoms with van der Waals surface area (Å²) in [5.41, 5.74) is -15.4. The maximum atomic E-state index is 16.2. The fraction of sp³-hybridized carbons (Fsp3) is 0.340. The van der Waals surface area contributed by atoms with Gasteiger partial charge in [-0.05, 0) is 30.3 Å². The zero-order chi connectivity index (χ0) is 56.9. The molecule has 9 aliphatic rings. The minimum Gasteiger partial charge on any atom is -0.504 e. The average Bonchev–Trinajstić information content (AvgIpc) is 1.67. The van der Waals surface area contributed by atoms with E-state index in [-0.39, 0.29) is 0 Å². The maximum absolute atomic E-state index is 16.2. The predicted octanol–water partition coefficient (Wildman–Crippen LogP) is -2.87. The molecule has 0 radical (unpaired) electrons. The zero-order valence-corrected chi connectivity index (χ0v) is 38.8. The van der Waals surface area contributed by atoms with Crippen LogP contribution in [0.2, 0.25) is 0 Å². The first-order valence-electron chi connectivity index (χ1n) is 22.8. The van der Waals surface area contributed by atoms with Gasteiger partial charge in [-0.3, -0.25) is 9.59 Å². The molecule has 32 nitrogen and oxygen atoms in total. The van der Waals surface area contributed by atoms with Crippen LogP contribution in [0.1, 0.15) is 59.3 Å². The third-order valence-electron chi connectivity index (χ3n) is 15.2. The van der Waals surface area contributed by atoms with Crippen LogP contribution in [0.3, 0.4) is 0 Å². The van der Waals surface area contributed by atoms with Gasteiger partial charge in [0.05, 0.1) is 34.8 Å². The number of phenolic OH excluding ortho intramolecular Hbond substituents is 11. The average molecular weight is 1110 g/mol. The van der Waals surface area contributed by atoms with Gasteiger partial charge in [0.25, 0.3) is 11.6 Å². The van der Waals surface area contributed by atoms with Crippen molar-refractivity contribution in [3.8, 4) is 80.1 Å². The molecule has 414 valence electrons. The first-order chi connectivity index (χ1) is 37.1. The van der Waals surface area contributed by atoms with Gasteiger partial charge in [-0.2, -0.15) is 0 Å². The number of aromatic hydroxyl groups is 11. The van der Waals surface area contributed by atoms with E-state index in [0.717, 1.165) is 0 Å². The lowest BCUT2D eigenvalue weighted by molar-refractivity contribution is -0.459. The molecular formula is C47H34O32. The van der Waals surface area contributed by atoms with Crippen molar-refractivity contribution in [2.24, 2.45) is 5.41 Å². The van der Waals surface area contributed by atoms with E-state index in [1.807, 2.05) is 0 Å². The van der Waals surface area contributed by atoms with Crippen molar-refractivity contribution in [1.82, 2.24) is 0 Å². The highest BCUT2D eigenvalue weighted by Crippen LogP contribution is 2.76. The molecule has 1 saturated carbocycles. The molecule has 15 N–H and O–H groups in total. The molecule has 6 fully saturated rings. The van der Waals surface area contributed by atoms with Crippen LogP contribution in [-0.4, -0.2) is 197 Å². The summed E-state index contributed by atoms with van der Waals surface area (Å²) >= 11 is 0. The van der Waals surface area contributed by atoms with Crippen molar-refractivity contribution < 1.29 is 158 Å². The van der Waals surface area contributed by atoms with Gasteiger partial charge >= 0.3 is 35.8 Å². The largest absolute Gasteiger partial charge is 0.504 e. The number of cyclic esters (lactones) is 1. The second-order valence-electron chi connectivity index (χ2n) is 19.2. The van der Waals surface area contributed by atoms with Crippen LogP contribution in [0.4, 0.5) is 0 Å². The Balaban J connectivity index is 1.13. The Hall–Kier alpha value is -9.31. The Labute approximate surface area is 433 Å². The van der Waals surface area contributed by atoms with Gasteiger partial charge in [-0.25, -0.2) is 24.0 Å². The number of carbonyl (C=O) groups excluding carboxylic acids is 7. The minimum absolute atomic E-state index is 0.346. The third-order valence-corrected chi connectivity index (χ3v) is 15.2. The molecule has 13 atom stereocenters. The van der Waals surface area contributed by atoms with E-state index in [9.17, 15) is 101 Å². The number of rotatable bonds is 2. The van der Waals surface area contributed by atoms with Gasteiger partial charge in [0, 0.05) is 23.1 Å². The molecule has 8 aliphatic heterocycles. The van der Waals surface area contributed by atoms with E-state index < -0.39 is 246 Å². The summed E-state index contributed by atoms with van der Waals surface area (Å²) in [4.78, 5) is 104. The summed E-state index contributed by atoms with van der Waals surface area (Å²) in [5.74, 6) is -43.9. The van der Waals surface area contributed by atoms with Crippen LogP contribution in [0, 0.1) is 5.41 Å². The summed E-state index contributed by atoms with van der Waals surface area (Å²) in [6.07, 6.45) is -19.5. The summed E-state index contributed by atoms with van der Waals surface area (Å²) in [5, 5.41) is 167. The Morgan fingerprint density at radius 3 is 1.80 bits per heavy atom. The minimum atomic E-state index is -4.05. The highest BCUT2D eigenvalue weighted by Gasteiger charge is 2.97. The number of fused-ring (bicyclic) bond motifs is 11. The molecule has 0 amide bonds. The van der Waals surface area contributed by atoms with E-state index in [2.05, 4.69) is 0 Å². The number of ether oxygens (including phenoxy) is 10. The first-order valence-corrected chi connectivity index (χ1v) is 22.8. The fourth-order valence-corrected chi connectivity index (χ4v) is 11.7. The Kier molecular flexibility index (Phi) is 10.2. The standard InChI is InChI=1S/C47H34O32/c48-13-1-9(2-14(49)24(13)55)36(61)73-32-30-19-8-70-37(62)10-3-15(50)25(56)28(59)21(10)22-11(4-16(51)26(57)29(22)60)39(64)77-40(72-19)33(32)74-38(63)12-5-17(52)27(58)31-23(12)34-43(41(65)75-30)6-20(54)45(67,46(34,68)78-31)79-44(43)42(66)76-35-18(53)7-71-47(35,44)69/h1-5,18-19,30,32-35,40,48-53,55-60,67-69H,6-8H2/t18?,19?,30-,32-,33?,34-,35-,40+,43+,44-,45+,46?,47?/m1/s1. The molecule has 5 unspecified atom stereocenters. The third kappa shape index (κ3) is 6.05. The van der Waals surface area contributed by atoms with Gasteiger partial charge in [-0.15, -0.1) is 0 Å². The second-order valence-corrected chi connectivity index (χ2v) is 19.2. The van der Waals surface area contributed by atoms with E-state index in [1.54, 1.807) is 0 Å². The van der Waals surface area contributed by atoms with Crippen molar-refractivity contribution in [2.45, 2.75) is 78.2 Å². The van der Waals surface area contributed by atoms with Crippen molar-refractivity contribution >= 4 is 41.6 Å². The number of aliphatic hydroxyl groups is 4. The van der Waals surface area contributed by atoms with E-state index in [0.29, 0.717) is 30.3 Å². The number of phenols is 11. The second kappa shape index (κ2) is 15.9. The lowest BCUT2D eigenvalue weighted by Crippen LogP contribution is -2.88. The summed E-state index contributed by atoms with van der Waals surface area (Å²) in [7, 11) is 0. The van der Waals surface area contributed by atoms with Crippen LogP contribution in [-0.2, 0) is 57.0 Å². The van der Waals surface area contributed by atoms with E-state index >= 15 is 9.59 Å². The Morgan fingerprint density at radius 1 is 0.595 bits per heavy atom. The number of ketones is 1. The fourth-order valence-electron chi connectivity index (χ4n) is 11.7. The molecule has 6 bridgehead atoms. The smallest absolute Gasteiger partial charge is 0.346 e. The van der Waals surface area contributed by atoms with Crippen LogP contribution < -0.4 is 4.74 Å². The van der Waals surface area contributed by atoms with Crippen molar-refractivity contribution in [1.29, 1.82) is 0 Å². The number of Topliss-reactive ketones (excluding diaryl/α,β-unsaturated/α-hetero) is 1. The maximum Gasteiger partial charge on any atom is 0.346 e. The monoisotopic (exact) mass is 1110 g/mol. The molecule has 8 heterocycles. The molecule has 5 saturated heterocycles. The topological polar surface area (TPSA) is 515 Å². The predicted molar refractivity (Wildman–Crippen MR) is 232 cm³/mol. The quantitative estimate of drug-likeness (QED) is 0.0545. The number of esters is 6. The molecule has 2 spiro atoms. The highest BCUT2D eigenvalue weighted by atomic mass is 16.8. The van der Waals surface area contributed by atoms with Crippen LogP contribution in [0.15, 0.2) is 30.3 Å². The van der Waals surface area contributed by atoms with Crippen LogP contribution >= 0.6 is 0 Å². The Morgan fingerprint density at radius 2 is 1.16 bits per heavy atom. The molecule has 79 heavy (non-hydrogen) atoms. The van der Waals surface area contributed by atoms with E-state index in [4.69, 9.17) is 47.4 Å². The van der Waals surface area contributed by atoms with Gasteiger partial charge in [-0.1, -0.05) is 0 Å². The molecule has 0 aromatic heterocycles. The van der Waals surface area contributed by atoms with Crippen molar-refractivity contribution in [3.63, 3.8) is 0 Å². The van der Waals surface area contributed by atoms with Gasteiger partial charge < -0.3 is 124 Å². The van der Waals surface area contributed by atoms with E-state index in [1.165, 1.54) is 0 Å². The number of carbonyl (C=O) groups is 7. The first kappa shape index (κ1) is 50.5. The van der Waals surface area contributed by atoms with Crippen LogP contribution in [0.5, 0.6) is 69.0 Å². The summed E-state index contributed by atoms with van der Waals surface area (Å²) < 4.78 is 57.0. The normalized spacial score (nSPS) is 34.6. The van der Waals surface area contributed by atoms with Crippen molar-refractivity contribution in [2.75, 3.05) is 13.2 Å². The Bertz CT molecular complexity index is 3530. The number of hydrogen-bond donors (Lipinski definition) is 15. The number of benzene rings is 4. The number of aliphatic hydroxyl groups excluding tert-OH is 1. The zero-order valence-electron chi connectivity index (χ0n) is 38.8. The van der Waals surface area contributed by atoms with Crippen LogP contribution in [0.25, 0.3) is 11.1 Å². The summed E-state index contributed by atoms with van der Waals surface area (Å²) in [6.45, 7) is -2.44. The molecule has 32 heteroatoms. The lowest BCUT2D eigenvalue weighted by Gasteiger charge is -2.64. The van der Waals surface area contributed by atoms with Gasteiger partial charge in [0.2, 0.25) is 41.0 Å².